The minimum Gasteiger partial charge on any atom is -0.497 e. The van der Waals surface area contributed by atoms with Gasteiger partial charge in [0.15, 0.2) is 0 Å². The number of rotatable bonds is 8. The molecule has 0 aliphatic carbocycles. The molecule has 13 heteroatoms. The first-order chi connectivity index (χ1) is 14.7. The van der Waals surface area contributed by atoms with Crippen LogP contribution in [0.25, 0.3) is 0 Å². The van der Waals surface area contributed by atoms with E-state index in [-0.39, 0.29) is 5.75 Å². The summed E-state index contributed by atoms with van der Waals surface area (Å²) in [6.45, 7) is -0.443. The van der Waals surface area contributed by atoms with E-state index in [0.717, 1.165) is 6.33 Å². The molecule has 1 amide bonds. The number of nitrogens with two attached hydrogens (primary N) is 1. The summed E-state index contributed by atoms with van der Waals surface area (Å²) in [4.78, 5) is 15.0. The Kier molecular flexibility index (Phi) is 6.36. The Hall–Kier alpha value is -3.32. The van der Waals surface area contributed by atoms with Crippen molar-refractivity contribution in [2.75, 3.05) is 18.5 Å². The summed E-state index contributed by atoms with van der Waals surface area (Å²) in [6.07, 6.45) is 1.02. The summed E-state index contributed by atoms with van der Waals surface area (Å²) < 4.78 is 69.9. The average Bonchev–Trinajstić information content (AvgIpc) is 3.29. The van der Waals surface area contributed by atoms with E-state index in [1.807, 2.05) is 0 Å². The number of primary amides is 1. The Labute approximate surface area is 180 Å². The van der Waals surface area contributed by atoms with Crippen LogP contribution in [0.15, 0.2) is 41.0 Å². The van der Waals surface area contributed by atoms with Gasteiger partial charge in [0.1, 0.15) is 29.5 Å². The van der Waals surface area contributed by atoms with Gasteiger partial charge in [0.05, 0.1) is 32.0 Å². The molecule has 2 N–H and O–H groups in total. The molecule has 3 aromatic rings. The molecule has 2 aromatic carbocycles. The first-order valence-electron chi connectivity index (χ1n) is 8.48. The van der Waals surface area contributed by atoms with Crippen LogP contribution in [0.5, 0.6) is 11.5 Å². The van der Waals surface area contributed by atoms with Gasteiger partial charge in [-0.05, 0) is 29.7 Å². The van der Waals surface area contributed by atoms with Crippen LogP contribution in [0.4, 0.5) is 14.5 Å². The lowest BCUT2D eigenvalue weighted by Crippen LogP contribution is -2.32. The van der Waals surface area contributed by atoms with Crippen molar-refractivity contribution < 1.29 is 31.5 Å². The molecular weight excluding hydrogens is 454 g/mol. The van der Waals surface area contributed by atoms with Crippen molar-refractivity contribution in [1.29, 1.82) is 0 Å². The highest BCUT2D eigenvalue weighted by Gasteiger charge is 2.32. The molecule has 31 heavy (non-hydrogen) atoms. The van der Waals surface area contributed by atoms with E-state index in [0.29, 0.717) is 39.3 Å². The molecule has 9 nitrogen and oxygen atoms in total. The van der Waals surface area contributed by atoms with Gasteiger partial charge in [0.25, 0.3) is 15.9 Å². The van der Waals surface area contributed by atoms with Gasteiger partial charge in [0, 0.05) is 17.7 Å². The molecule has 0 fully saturated rings. The van der Waals surface area contributed by atoms with Crippen molar-refractivity contribution in [3.8, 4) is 11.5 Å². The molecule has 3 rings (SSSR count). The summed E-state index contributed by atoms with van der Waals surface area (Å²) in [5.74, 6) is -2.84. The van der Waals surface area contributed by atoms with E-state index in [2.05, 4.69) is 9.36 Å². The fourth-order valence-corrected chi connectivity index (χ4v) is 4.86. The Morgan fingerprint density at radius 2 is 1.90 bits per heavy atom. The number of amides is 1. The Bertz CT molecular complexity index is 1220. The van der Waals surface area contributed by atoms with Crippen LogP contribution >= 0.6 is 11.5 Å². The predicted octanol–water partition coefficient (Wildman–Crippen LogP) is 2.33. The van der Waals surface area contributed by atoms with Gasteiger partial charge in [-0.2, -0.15) is 12.8 Å². The number of hydrogen-bond donors (Lipinski definition) is 1. The largest absolute Gasteiger partial charge is 0.497 e. The number of carbonyl (C=O) groups excluding carboxylic acids is 1. The molecule has 1 heterocycles. The second-order valence-electron chi connectivity index (χ2n) is 6.04. The van der Waals surface area contributed by atoms with E-state index in [1.165, 1.54) is 26.4 Å². The molecule has 0 spiro atoms. The van der Waals surface area contributed by atoms with E-state index < -0.39 is 49.7 Å². The van der Waals surface area contributed by atoms with E-state index in [1.54, 1.807) is 6.07 Å². The van der Waals surface area contributed by atoms with Crippen LogP contribution in [-0.2, 0) is 16.6 Å². The third kappa shape index (κ3) is 4.41. The van der Waals surface area contributed by atoms with Crippen molar-refractivity contribution in [1.82, 2.24) is 9.36 Å². The minimum atomic E-state index is -4.45. The minimum absolute atomic E-state index is 0.256. The van der Waals surface area contributed by atoms with Crippen molar-refractivity contribution in [3.63, 3.8) is 0 Å². The first-order valence-corrected chi connectivity index (χ1v) is 10.7. The summed E-state index contributed by atoms with van der Waals surface area (Å²) in [7, 11) is -1.65. The molecule has 1 aromatic heterocycles. The zero-order valence-corrected chi connectivity index (χ0v) is 17.8. The lowest BCUT2D eigenvalue weighted by Gasteiger charge is -2.25. The molecule has 0 saturated heterocycles. The third-order valence-corrected chi connectivity index (χ3v) is 7.00. The SMILES string of the molecule is COc1ccc(CN(c2cc(F)c(C(N)=O)cc2F)S(=O)(=O)c2ncns2)c(OC)c1. The molecule has 0 atom stereocenters. The zero-order chi connectivity index (χ0) is 22.8. The second-order valence-corrected chi connectivity index (χ2v) is 8.86. The number of methoxy groups -OCH3 is 2. The monoisotopic (exact) mass is 470 g/mol. The number of nitrogens with zero attached hydrogens (tertiary/aromatic N) is 3. The number of benzene rings is 2. The fraction of sp³-hybridized carbons (Fsp3) is 0.167. The lowest BCUT2D eigenvalue weighted by molar-refractivity contribution is 0.0996. The topological polar surface area (TPSA) is 125 Å². The molecule has 164 valence electrons. The Balaban J connectivity index is 2.18. The van der Waals surface area contributed by atoms with Gasteiger partial charge in [-0.25, -0.2) is 13.8 Å². The van der Waals surface area contributed by atoms with Crippen LogP contribution in [0.1, 0.15) is 15.9 Å². The highest BCUT2D eigenvalue weighted by atomic mass is 32.2. The molecule has 0 saturated carbocycles. The summed E-state index contributed by atoms with van der Waals surface area (Å²) in [5.41, 5.74) is 4.01. The standard InChI is InChI=1S/C18H16F2N4O5S2/c1-28-11-4-3-10(16(5-11)29-2)8-24(31(26,27)18-22-9-23-30-18)15-7-13(19)12(17(21)25)6-14(15)20/h3-7,9H,8H2,1-2H3,(H2,21,25). The van der Waals surface area contributed by atoms with E-state index in [4.69, 9.17) is 15.2 Å². The molecule has 0 unspecified atom stereocenters. The second kappa shape index (κ2) is 8.81. The summed E-state index contributed by atoms with van der Waals surface area (Å²) in [5, 5.41) is 0. The van der Waals surface area contributed by atoms with Crippen LogP contribution in [-0.4, -0.2) is 37.9 Å². The fourth-order valence-electron chi connectivity index (χ4n) is 2.72. The number of ether oxygens (including phenoxy) is 2. The summed E-state index contributed by atoms with van der Waals surface area (Å²) in [6, 6.07) is 5.72. The number of carbonyl (C=O) groups is 1. The normalized spacial score (nSPS) is 11.2. The van der Waals surface area contributed by atoms with E-state index in [9.17, 15) is 22.0 Å². The van der Waals surface area contributed by atoms with Crippen molar-refractivity contribution in [2.45, 2.75) is 10.9 Å². The van der Waals surface area contributed by atoms with Gasteiger partial charge in [-0.1, -0.05) is 0 Å². The van der Waals surface area contributed by atoms with Crippen molar-refractivity contribution >= 4 is 33.2 Å². The predicted molar refractivity (Wildman–Crippen MR) is 108 cm³/mol. The quantitative estimate of drug-likeness (QED) is 0.536. The van der Waals surface area contributed by atoms with Crippen LogP contribution in [0, 0.1) is 11.6 Å². The summed E-state index contributed by atoms with van der Waals surface area (Å²) >= 11 is 0.565. The lowest BCUT2D eigenvalue weighted by atomic mass is 10.1. The average molecular weight is 470 g/mol. The molecule has 0 radical (unpaired) electrons. The third-order valence-electron chi connectivity index (χ3n) is 4.23. The highest BCUT2D eigenvalue weighted by Crippen LogP contribution is 2.33. The first kappa shape index (κ1) is 22.4. The molecular formula is C18H16F2N4O5S2. The zero-order valence-electron chi connectivity index (χ0n) is 16.2. The smallest absolute Gasteiger partial charge is 0.293 e. The number of halogens is 2. The van der Waals surface area contributed by atoms with Crippen molar-refractivity contribution in [2.24, 2.45) is 5.73 Å². The van der Waals surface area contributed by atoms with Gasteiger partial charge in [-0.3, -0.25) is 9.10 Å². The van der Waals surface area contributed by atoms with Crippen LogP contribution in [0.3, 0.4) is 0 Å². The molecule has 0 bridgehead atoms. The van der Waals surface area contributed by atoms with Crippen LogP contribution in [0.2, 0.25) is 0 Å². The highest BCUT2D eigenvalue weighted by molar-refractivity contribution is 7.94. The van der Waals surface area contributed by atoms with Crippen LogP contribution < -0.4 is 19.5 Å². The van der Waals surface area contributed by atoms with Crippen molar-refractivity contribution in [3.05, 3.63) is 59.4 Å². The maximum absolute atomic E-state index is 14.9. The molecule has 0 aliphatic rings. The Morgan fingerprint density at radius 3 is 2.48 bits per heavy atom. The van der Waals surface area contributed by atoms with Gasteiger partial charge < -0.3 is 15.2 Å². The maximum atomic E-state index is 14.9. The van der Waals surface area contributed by atoms with Gasteiger partial charge >= 0.3 is 0 Å². The number of hydrogen-bond acceptors (Lipinski definition) is 8. The number of anilines is 1. The molecule has 0 aliphatic heterocycles. The number of aromatic nitrogens is 2. The van der Waals surface area contributed by atoms with Gasteiger partial charge in [0.2, 0.25) is 4.34 Å². The van der Waals surface area contributed by atoms with Gasteiger partial charge in [-0.15, -0.1) is 0 Å². The van der Waals surface area contributed by atoms with E-state index >= 15 is 0 Å². The Morgan fingerprint density at radius 1 is 1.16 bits per heavy atom. The number of sulfonamides is 1. The maximum Gasteiger partial charge on any atom is 0.293 e.